The Morgan fingerprint density at radius 1 is 0.500 bits per heavy atom. The zero-order valence-electron chi connectivity index (χ0n) is 21.8. The molecule has 0 amide bonds. The van der Waals surface area contributed by atoms with Crippen molar-refractivity contribution in [2.75, 3.05) is 0 Å². The van der Waals surface area contributed by atoms with E-state index in [0.717, 1.165) is 51.6 Å². The third kappa shape index (κ3) is 7.16. The molecule has 2 aliphatic rings. The number of halogens is 2. The first-order valence-corrected chi connectivity index (χ1v) is 17.8. The van der Waals surface area contributed by atoms with E-state index in [1.807, 2.05) is 84.9 Å². The zero-order valence-corrected chi connectivity index (χ0v) is 28.4. The minimum absolute atomic E-state index is 0.174. The van der Waals surface area contributed by atoms with E-state index < -0.39 is 0 Å². The van der Waals surface area contributed by atoms with E-state index >= 15 is 0 Å². The summed E-state index contributed by atoms with van der Waals surface area (Å²) in [5.41, 5.74) is 5.85. The molecule has 6 rings (SSSR count). The van der Waals surface area contributed by atoms with E-state index in [2.05, 4.69) is 76.5 Å². The Kier molecular flexibility index (Phi) is 9.40. The van der Waals surface area contributed by atoms with Gasteiger partial charge < -0.3 is 0 Å². The van der Waals surface area contributed by atoms with Crippen LogP contribution < -0.4 is 0 Å². The van der Waals surface area contributed by atoms with Crippen LogP contribution in [0.4, 0.5) is 0 Å². The molecule has 0 spiro atoms. The van der Waals surface area contributed by atoms with Gasteiger partial charge in [-0.25, -0.2) is 0 Å². The molecule has 0 bridgehead atoms. The van der Waals surface area contributed by atoms with Crippen LogP contribution in [0.1, 0.15) is 22.3 Å². The van der Waals surface area contributed by atoms with Crippen LogP contribution in [-0.2, 0) is 0 Å². The van der Waals surface area contributed by atoms with Gasteiger partial charge in [0.15, 0.2) is 0 Å². The molecule has 42 heavy (non-hydrogen) atoms. The first-order valence-electron chi connectivity index (χ1n) is 12.7. The van der Waals surface area contributed by atoms with Crippen molar-refractivity contribution in [1.29, 1.82) is 0 Å². The molecule has 0 aromatic heterocycles. The molecule has 204 valence electrons. The van der Waals surface area contributed by atoms with Gasteiger partial charge in [-0.15, -0.1) is 0 Å². The summed E-state index contributed by atoms with van der Waals surface area (Å²) in [4.78, 5) is 10.00. The summed E-state index contributed by atoms with van der Waals surface area (Å²) in [7, 11) is 0. The molecule has 0 N–H and O–H groups in total. The van der Waals surface area contributed by atoms with E-state index in [0.29, 0.717) is 9.47 Å². The zero-order chi connectivity index (χ0) is 28.7. The number of allylic oxidation sites excluding steroid dienone is 2. The van der Waals surface area contributed by atoms with Crippen LogP contribution in [0.15, 0.2) is 157 Å². The molecule has 0 fully saturated rings. The molecule has 6 nitrogen and oxygen atoms in total. The fraction of sp³-hybridized carbons (Fsp3) is 0. The first-order chi connectivity index (χ1) is 20.6. The molecular weight excluding hydrogens is 786 g/mol. The predicted molar refractivity (Wildman–Crippen MR) is 183 cm³/mol. The summed E-state index contributed by atoms with van der Waals surface area (Å²) in [5, 5.41) is 17.8. The van der Waals surface area contributed by atoms with Gasteiger partial charge in [-0.2, -0.15) is 0 Å². The molecule has 2 aliphatic heterocycles. The van der Waals surface area contributed by atoms with Crippen LogP contribution in [0.2, 0.25) is 0 Å². The molecule has 0 saturated heterocycles. The van der Waals surface area contributed by atoms with Gasteiger partial charge in [0.2, 0.25) is 0 Å². The molecule has 4 aromatic rings. The number of aliphatic imine (C=N–C) groups is 2. The third-order valence-corrected chi connectivity index (χ3v) is 11.7. The van der Waals surface area contributed by atoms with Crippen molar-refractivity contribution < 1.29 is 0 Å². The van der Waals surface area contributed by atoms with Crippen LogP contribution in [0.5, 0.6) is 0 Å². The molecule has 2 heterocycles. The Balaban J connectivity index is 1.41. The van der Waals surface area contributed by atoms with Crippen molar-refractivity contribution in [2.45, 2.75) is 0 Å². The molecule has 4 aromatic carbocycles. The quantitative estimate of drug-likeness (QED) is 0.116. The van der Waals surface area contributed by atoms with E-state index in [9.17, 15) is 0 Å². The van der Waals surface area contributed by atoms with Crippen molar-refractivity contribution in [3.05, 3.63) is 149 Å². The Hall–Kier alpha value is -3.36. The van der Waals surface area contributed by atoms with Gasteiger partial charge in [-0.05, 0) is 0 Å². The fourth-order valence-electron chi connectivity index (χ4n) is 3.99. The Morgan fingerprint density at radius 2 is 0.881 bits per heavy atom. The molecule has 0 saturated carbocycles. The number of nitrogens with zero attached hydrogens (tertiary/aromatic N) is 6. The Morgan fingerprint density at radius 3 is 1.26 bits per heavy atom. The third-order valence-electron chi connectivity index (χ3n) is 5.97. The van der Waals surface area contributed by atoms with E-state index in [1.54, 1.807) is 12.4 Å². The number of rotatable bonds is 6. The average Bonchev–Trinajstić information content (AvgIpc) is 3.64. The molecular formula is C32H20Br2N6Se2. The van der Waals surface area contributed by atoms with Crippen molar-refractivity contribution >= 4 is 95.1 Å². The average molecular weight is 806 g/mol. The Labute approximate surface area is 272 Å². The SMILES string of the molecule is Brc1ccc(C2=NC(=N\N=C/c3ccccc3)/[Se]/C2=C2\[Se]/C(=N/N=C\c3ccccc3)N=C2c2ccc(Br)cc2)cc1. The van der Waals surface area contributed by atoms with Crippen LogP contribution >= 0.6 is 31.9 Å². The topological polar surface area (TPSA) is 74.2 Å². The molecule has 0 aliphatic carbocycles. The number of amidine groups is 2. The summed E-state index contributed by atoms with van der Waals surface area (Å²) >= 11 is 6.77. The summed E-state index contributed by atoms with van der Waals surface area (Å²) in [6, 6.07) is 36.3. The first kappa shape index (κ1) is 28.7. The predicted octanol–water partition coefficient (Wildman–Crippen LogP) is 6.92. The molecule has 0 unspecified atom stereocenters. The van der Waals surface area contributed by atoms with Gasteiger partial charge in [0.25, 0.3) is 0 Å². The van der Waals surface area contributed by atoms with Crippen LogP contribution in [0.3, 0.4) is 0 Å². The monoisotopic (exact) mass is 806 g/mol. The second-order valence-electron chi connectivity index (χ2n) is 8.87. The number of hydrogen-bond donors (Lipinski definition) is 0. The van der Waals surface area contributed by atoms with E-state index in [1.165, 1.54) is 0 Å². The van der Waals surface area contributed by atoms with Gasteiger partial charge in [0.05, 0.1) is 0 Å². The number of benzene rings is 4. The Bertz CT molecular complexity index is 1680. The van der Waals surface area contributed by atoms with E-state index in [-0.39, 0.29) is 29.9 Å². The molecule has 10 heteroatoms. The van der Waals surface area contributed by atoms with Gasteiger partial charge in [0, 0.05) is 0 Å². The maximum absolute atomic E-state index is 5.00. The van der Waals surface area contributed by atoms with Crippen LogP contribution in [-0.4, -0.2) is 63.2 Å². The van der Waals surface area contributed by atoms with Crippen molar-refractivity contribution in [3.8, 4) is 0 Å². The van der Waals surface area contributed by atoms with Crippen LogP contribution in [0.25, 0.3) is 0 Å². The molecule has 0 atom stereocenters. The van der Waals surface area contributed by atoms with Gasteiger partial charge >= 0.3 is 275 Å². The summed E-state index contributed by atoms with van der Waals surface area (Å²) in [6.45, 7) is 0. The number of hydrogen-bond acceptors (Lipinski definition) is 4. The minimum atomic E-state index is -0.174. The standard InChI is InChI=1S/C32H20Br2N6Se2/c33-25-15-11-23(12-16-25)27-29(41-31(37-27)39-35-19-21-7-3-1-4-8-21)30-28(24-13-17-26(34)18-14-24)38-32(42-30)40-36-20-22-9-5-2-6-10-22/h1-20H/b30-29-,35-19-,36-20-,39-31+,40-32+. The fourth-order valence-corrected chi connectivity index (χ4v) is 9.02. The summed E-state index contributed by atoms with van der Waals surface area (Å²) < 4.78 is 5.76. The summed E-state index contributed by atoms with van der Waals surface area (Å²) in [5.74, 6) is 0. The van der Waals surface area contributed by atoms with E-state index in [4.69, 9.17) is 9.98 Å². The van der Waals surface area contributed by atoms with Crippen molar-refractivity contribution in [3.63, 3.8) is 0 Å². The molecule has 0 radical (unpaired) electrons. The summed E-state index contributed by atoms with van der Waals surface area (Å²) in [6.07, 6.45) is 3.51. The van der Waals surface area contributed by atoms with Crippen molar-refractivity contribution in [1.82, 2.24) is 0 Å². The van der Waals surface area contributed by atoms with Gasteiger partial charge in [-0.1, -0.05) is 0 Å². The second-order valence-corrected chi connectivity index (χ2v) is 14.8. The van der Waals surface area contributed by atoms with Crippen molar-refractivity contribution in [2.24, 2.45) is 30.4 Å². The normalized spacial score (nSPS) is 18.9. The maximum atomic E-state index is 5.00. The van der Waals surface area contributed by atoms with Gasteiger partial charge in [0.1, 0.15) is 0 Å². The van der Waals surface area contributed by atoms with Gasteiger partial charge in [-0.3, -0.25) is 0 Å². The second kappa shape index (κ2) is 13.7. The van der Waals surface area contributed by atoms with Crippen LogP contribution in [0, 0.1) is 0 Å².